The fourth-order valence-electron chi connectivity index (χ4n) is 4.98. The number of carbonyl (C=O) groups is 1. The molecule has 25 heavy (non-hydrogen) atoms. The monoisotopic (exact) mass is 344 g/mol. The van der Waals surface area contributed by atoms with Gasteiger partial charge in [0, 0.05) is 25.3 Å². The first kappa shape index (κ1) is 17.1. The molecular formula is C20H32N4O. The van der Waals surface area contributed by atoms with Gasteiger partial charge in [0.1, 0.15) is 5.69 Å². The van der Waals surface area contributed by atoms with Crippen LogP contribution in [0.3, 0.4) is 0 Å². The molecule has 2 saturated heterocycles. The van der Waals surface area contributed by atoms with Crippen molar-refractivity contribution in [2.45, 2.75) is 76.3 Å². The van der Waals surface area contributed by atoms with E-state index in [1.807, 2.05) is 16.9 Å². The van der Waals surface area contributed by atoms with E-state index in [4.69, 9.17) is 0 Å². The first-order valence-electron chi connectivity index (χ1n) is 10.4. The maximum absolute atomic E-state index is 13.2. The molecule has 4 rings (SSSR count). The second kappa shape index (κ2) is 7.90. The zero-order chi connectivity index (χ0) is 17.1. The highest BCUT2D eigenvalue weighted by Crippen LogP contribution is 2.30. The minimum absolute atomic E-state index is 0.198. The molecule has 3 heterocycles. The second-order valence-corrected chi connectivity index (χ2v) is 8.10. The van der Waals surface area contributed by atoms with Gasteiger partial charge in [-0.15, -0.1) is 0 Å². The quantitative estimate of drug-likeness (QED) is 0.843. The van der Waals surface area contributed by atoms with Crippen molar-refractivity contribution in [3.05, 3.63) is 18.0 Å². The van der Waals surface area contributed by atoms with Gasteiger partial charge in [-0.05, 0) is 57.7 Å². The number of nitrogens with zero attached hydrogens (tertiary/aromatic N) is 4. The summed E-state index contributed by atoms with van der Waals surface area (Å²) >= 11 is 0. The summed E-state index contributed by atoms with van der Waals surface area (Å²) in [6.07, 6.45) is 14.4. The molecule has 3 aliphatic rings. The molecule has 5 nitrogen and oxygen atoms in total. The van der Waals surface area contributed by atoms with E-state index in [1.165, 1.54) is 70.9 Å². The van der Waals surface area contributed by atoms with Crippen LogP contribution in [0.15, 0.2) is 12.3 Å². The van der Waals surface area contributed by atoms with Crippen LogP contribution in [0, 0.1) is 0 Å². The zero-order valence-electron chi connectivity index (χ0n) is 15.4. The summed E-state index contributed by atoms with van der Waals surface area (Å²) in [6.45, 7) is 4.23. The molecule has 0 spiro atoms. The Morgan fingerprint density at radius 1 is 0.880 bits per heavy atom. The molecule has 1 aliphatic carbocycles. The third-order valence-corrected chi connectivity index (χ3v) is 6.40. The number of hydrogen-bond acceptors (Lipinski definition) is 3. The van der Waals surface area contributed by atoms with Crippen molar-refractivity contribution in [1.29, 1.82) is 0 Å². The van der Waals surface area contributed by atoms with Crippen LogP contribution < -0.4 is 0 Å². The van der Waals surface area contributed by atoms with Gasteiger partial charge < -0.3 is 4.90 Å². The number of aromatic nitrogens is 2. The Bertz CT molecular complexity index is 570. The lowest BCUT2D eigenvalue weighted by Crippen LogP contribution is -2.50. The zero-order valence-corrected chi connectivity index (χ0v) is 15.4. The Morgan fingerprint density at radius 2 is 1.60 bits per heavy atom. The van der Waals surface area contributed by atoms with Crippen LogP contribution in [-0.4, -0.2) is 57.7 Å². The van der Waals surface area contributed by atoms with Crippen molar-refractivity contribution in [3.8, 4) is 0 Å². The third-order valence-electron chi connectivity index (χ3n) is 6.40. The smallest absolute Gasteiger partial charge is 0.272 e. The van der Waals surface area contributed by atoms with Crippen molar-refractivity contribution in [1.82, 2.24) is 19.6 Å². The predicted molar refractivity (Wildman–Crippen MR) is 98.7 cm³/mol. The average molecular weight is 345 g/mol. The van der Waals surface area contributed by atoms with Crippen LogP contribution in [0.2, 0.25) is 0 Å². The van der Waals surface area contributed by atoms with Gasteiger partial charge >= 0.3 is 0 Å². The summed E-state index contributed by atoms with van der Waals surface area (Å²) in [4.78, 5) is 17.9. The highest BCUT2D eigenvalue weighted by atomic mass is 16.2. The van der Waals surface area contributed by atoms with Crippen LogP contribution in [0.5, 0.6) is 0 Å². The predicted octanol–water partition coefficient (Wildman–Crippen LogP) is 3.48. The topological polar surface area (TPSA) is 41.4 Å². The summed E-state index contributed by atoms with van der Waals surface area (Å²) < 4.78 is 2.02. The molecule has 1 saturated carbocycles. The van der Waals surface area contributed by atoms with Crippen molar-refractivity contribution in [2.24, 2.45) is 0 Å². The molecule has 0 N–H and O–H groups in total. The fourth-order valence-corrected chi connectivity index (χ4v) is 4.98. The van der Waals surface area contributed by atoms with E-state index in [2.05, 4.69) is 14.9 Å². The molecular weight excluding hydrogens is 312 g/mol. The van der Waals surface area contributed by atoms with Crippen LogP contribution in [0.25, 0.3) is 0 Å². The van der Waals surface area contributed by atoms with E-state index >= 15 is 0 Å². The lowest BCUT2D eigenvalue weighted by Gasteiger charge is -2.39. The van der Waals surface area contributed by atoms with E-state index < -0.39 is 0 Å². The molecule has 138 valence electrons. The second-order valence-electron chi connectivity index (χ2n) is 8.10. The molecule has 0 bridgehead atoms. The molecule has 0 unspecified atom stereocenters. The number of likely N-dealkylation sites (tertiary alicyclic amines) is 2. The van der Waals surface area contributed by atoms with E-state index in [-0.39, 0.29) is 5.91 Å². The minimum atomic E-state index is 0.198. The largest absolute Gasteiger partial charge is 0.336 e. The molecule has 1 atom stereocenters. The number of piperidine rings is 1. The van der Waals surface area contributed by atoms with Crippen LogP contribution in [-0.2, 0) is 0 Å². The summed E-state index contributed by atoms with van der Waals surface area (Å²) in [5, 5.41) is 4.49. The molecule has 1 aromatic heterocycles. The first-order valence-corrected chi connectivity index (χ1v) is 10.4. The number of amides is 1. The normalized spacial score (nSPS) is 26.7. The standard InChI is InChI=1S/C20H32N4O/c25-20(19-11-12-21-24(19)17-8-3-4-9-17)23-15-7-10-18(16-23)22-13-5-1-2-6-14-22/h11-12,17-18H,1-10,13-16H2/t18-/m0/s1. The van der Waals surface area contributed by atoms with Crippen LogP contribution >= 0.6 is 0 Å². The van der Waals surface area contributed by atoms with Crippen LogP contribution in [0.1, 0.15) is 80.7 Å². The van der Waals surface area contributed by atoms with Gasteiger partial charge in [0.2, 0.25) is 0 Å². The van der Waals surface area contributed by atoms with Crippen molar-refractivity contribution < 1.29 is 4.79 Å². The Morgan fingerprint density at radius 3 is 2.36 bits per heavy atom. The Balaban J connectivity index is 1.44. The first-order chi connectivity index (χ1) is 12.3. The van der Waals surface area contributed by atoms with Crippen molar-refractivity contribution in [2.75, 3.05) is 26.2 Å². The number of hydrogen-bond donors (Lipinski definition) is 0. The van der Waals surface area contributed by atoms with Gasteiger partial charge in [0.05, 0.1) is 6.04 Å². The lowest BCUT2D eigenvalue weighted by atomic mass is 10.0. The van der Waals surface area contributed by atoms with E-state index in [9.17, 15) is 4.79 Å². The highest BCUT2D eigenvalue weighted by Gasteiger charge is 2.31. The van der Waals surface area contributed by atoms with E-state index in [1.54, 1.807) is 0 Å². The van der Waals surface area contributed by atoms with Gasteiger partial charge in [-0.1, -0.05) is 25.7 Å². The summed E-state index contributed by atoms with van der Waals surface area (Å²) in [5.74, 6) is 0.198. The lowest BCUT2D eigenvalue weighted by molar-refractivity contribution is 0.0565. The minimum Gasteiger partial charge on any atom is -0.336 e. The molecule has 5 heteroatoms. The third kappa shape index (κ3) is 3.76. The van der Waals surface area contributed by atoms with Gasteiger partial charge in [-0.25, -0.2) is 0 Å². The number of carbonyl (C=O) groups excluding carboxylic acids is 1. The van der Waals surface area contributed by atoms with Gasteiger partial charge in [-0.3, -0.25) is 14.4 Å². The molecule has 2 aliphatic heterocycles. The molecule has 1 amide bonds. The maximum atomic E-state index is 13.2. The molecule has 3 fully saturated rings. The summed E-state index contributed by atoms with van der Waals surface area (Å²) in [6, 6.07) is 2.91. The Hall–Kier alpha value is -1.36. The summed E-state index contributed by atoms with van der Waals surface area (Å²) in [7, 11) is 0. The van der Waals surface area contributed by atoms with Gasteiger partial charge in [-0.2, -0.15) is 5.10 Å². The maximum Gasteiger partial charge on any atom is 0.272 e. The van der Waals surface area contributed by atoms with Crippen molar-refractivity contribution in [3.63, 3.8) is 0 Å². The highest BCUT2D eigenvalue weighted by molar-refractivity contribution is 5.92. The fraction of sp³-hybridized carbons (Fsp3) is 0.800. The number of rotatable bonds is 3. The van der Waals surface area contributed by atoms with Gasteiger partial charge in [0.15, 0.2) is 0 Å². The van der Waals surface area contributed by atoms with Gasteiger partial charge in [0.25, 0.3) is 5.91 Å². The summed E-state index contributed by atoms with van der Waals surface area (Å²) in [5.41, 5.74) is 0.809. The molecule has 0 aromatic carbocycles. The van der Waals surface area contributed by atoms with E-state index in [0.717, 1.165) is 25.2 Å². The van der Waals surface area contributed by atoms with E-state index in [0.29, 0.717) is 12.1 Å². The molecule has 1 aromatic rings. The molecule has 0 radical (unpaired) electrons. The van der Waals surface area contributed by atoms with Crippen LogP contribution in [0.4, 0.5) is 0 Å². The van der Waals surface area contributed by atoms with Crippen molar-refractivity contribution >= 4 is 5.91 Å². The SMILES string of the molecule is O=C(c1ccnn1C1CCCC1)N1CCC[C@H](N2CCCCCC2)C1. The Labute approximate surface area is 151 Å². The average Bonchev–Trinajstić information content (AvgIpc) is 3.27. The Kier molecular flexibility index (Phi) is 5.39.